The molecule has 0 saturated carbocycles. The van der Waals surface area contributed by atoms with Crippen molar-refractivity contribution >= 4 is 12.4 Å². The van der Waals surface area contributed by atoms with E-state index in [4.69, 9.17) is 5.73 Å². The van der Waals surface area contributed by atoms with Gasteiger partial charge in [-0.15, -0.1) is 12.4 Å². The lowest BCUT2D eigenvalue weighted by Gasteiger charge is -2.15. The number of nitrogens with two attached hydrogens (primary N) is 1. The van der Waals surface area contributed by atoms with Crippen molar-refractivity contribution in [1.82, 2.24) is 4.90 Å². The van der Waals surface area contributed by atoms with Crippen LogP contribution in [0.2, 0.25) is 0 Å². The Hall–Kier alpha value is 0.140. The Morgan fingerprint density at radius 2 is 1.91 bits per heavy atom. The molecule has 0 aromatic rings. The van der Waals surface area contributed by atoms with Crippen molar-refractivity contribution in [3.8, 4) is 0 Å². The van der Waals surface area contributed by atoms with Gasteiger partial charge in [-0.25, -0.2) is 4.39 Å². The van der Waals surface area contributed by atoms with E-state index < -0.39 is 6.17 Å². The van der Waals surface area contributed by atoms with Gasteiger partial charge in [0.15, 0.2) is 0 Å². The second kappa shape index (κ2) is 5.75. The van der Waals surface area contributed by atoms with Crippen LogP contribution in [0.3, 0.4) is 0 Å². The third-order valence-corrected chi connectivity index (χ3v) is 1.91. The highest BCUT2D eigenvalue weighted by molar-refractivity contribution is 5.85. The van der Waals surface area contributed by atoms with Gasteiger partial charge in [-0.3, -0.25) is 0 Å². The highest BCUT2D eigenvalue weighted by atomic mass is 35.5. The van der Waals surface area contributed by atoms with E-state index in [1.807, 2.05) is 0 Å². The molecule has 1 atom stereocenters. The standard InChI is InChI=1S/C7H15FN2.ClH/c8-7(5-9)6-10-3-1-2-4-10;/h7H,1-6,9H2;1H. The van der Waals surface area contributed by atoms with E-state index >= 15 is 0 Å². The maximum atomic E-state index is 12.6. The zero-order valence-corrected chi connectivity index (χ0v) is 7.45. The van der Waals surface area contributed by atoms with E-state index in [9.17, 15) is 4.39 Å². The molecule has 4 heteroatoms. The van der Waals surface area contributed by atoms with Crippen LogP contribution < -0.4 is 5.73 Å². The number of rotatable bonds is 3. The third-order valence-electron chi connectivity index (χ3n) is 1.91. The Morgan fingerprint density at radius 1 is 1.36 bits per heavy atom. The van der Waals surface area contributed by atoms with Crippen molar-refractivity contribution in [1.29, 1.82) is 0 Å². The number of alkyl halides is 1. The van der Waals surface area contributed by atoms with Crippen LogP contribution in [-0.4, -0.2) is 37.3 Å². The van der Waals surface area contributed by atoms with Crippen LogP contribution in [0, 0.1) is 0 Å². The molecule has 1 rings (SSSR count). The molecule has 0 aliphatic carbocycles. The minimum Gasteiger partial charge on any atom is -0.328 e. The number of hydrogen-bond acceptors (Lipinski definition) is 2. The van der Waals surface area contributed by atoms with Gasteiger partial charge < -0.3 is 10.6 Å². The van der Waals surface area contributed by atoms with Gasteiger partial charge in [0, 0.05) is 13.1 Å². The minimum absolute atomic E-state index is 0. The van der Waals surface area contributed by atoms with E-state index in [-0.39, 0.29) is 19.0 Å². The third kappa shape index (κ3) is 3.89. The SMILES string of the molecule is Cl.NCC(F)CN1CCCC1. The fourth-order valence-electron chi connectivity index (χ4n) is 1.32. The topological polar surface area (TPSA) is 29.3 Å². The summed E-state index contributed by atoms with van der Waals surface area (Å²) >= 11 is 0. The molecule has 68 valence electrons. The Morgan fingerprint density at radius 3 is 2.36 bits per heavy atom. The molecule has 1 fully saturated rings. The first-order valence-corrected chi connectivity index (χ1v) is 3.89. The van der Waals surface area contributed by atoms with Gasteiger partial charge in [-0.05, 0) is 25.9 Å². The van der Waals surface area contributed by atoms with Crippen LogP contribution in [-0.2, 0) is 0 Å². The molecule has 0 bridgehead atoms. The number of hydrogen-bond donors (Lipinski definition) is 1. The van der Waals surface area contributed by atoms with Crippen molar-refractivity contribution in [2.45, 2.75) is 19.0 Å². The van der Waals surface area contributed by atoms with Crippen LogP contribution in [0.5, 0.6) is 0 Å². The predicted molar refractivity (Wildman–Crippen MR) is 46.9 cm³/mol. The lowest BCUT2D eigenvalue weighted by Crippen LogP contribution is -2.31. The second-order valence-corrected chi connectivity index (χ2v) is 2.84. The van der Waals surface area contributed by atoms with Crippen molar-refractivity contribution in [2.24, 2.45) is 5.73 Å². The lowest BCUT2D eigenvalue weighted by atomic mass is 10.3. The predicted octanol–water partition coefficient (Wildman–Crippen LogP) is 0.801. The van der Waals surface area contributed by atoms with Crippen LogP contribution in [0.15, 0.2) is 0 Å². The summed E-state index contributed by atoms with van der Waals surface area (Å²) in [6, 6.07) is 0. The monoisotopic (exact) mass is 182 g/mol. The summed E-state index contributed by atoms with van der Waals surface area (Å²) < 4.78 is 12.6. The number of likely N-dealkylation sites (tertiary alicyclic amines) is 1. The quantitative estimate of drug-likeness (QED) is 0.700. The highest BCUT2D eigenvalue weighted by Gasteiger charge is 2.15. The molecule has 1 aliphatic heterocycles. The second-order valence-electron chi connectivity index (χ2n) is 2.84. The molecule has 0 aromatic heterocycles. The Kier molecular flexibility index (Phi) is 5.82. The van der Waals surface area contributed by atoms with Crippen LogP contribution >= 0.6 is 12.4 Å². The largest absolute Gasteiger partial charge is 0.328 e. The summed E-state index contributed by atoms with van der Waals surface area (Å²) in [6.07, 6.45) is 1.62. The summed E-state index contributed by atoms with van der Waals surface area (Å²) in [5.74, 6) is 0. The molecule has 1 unspecified atom stereocenters. The molecule has 0 amide bonds. The Bertz CT molecular complexity index is 96.4. The summed E-state index contributed by atoms with van der Waals surface area (Å²) in [5.41, 5.74) is 5.15. The number of halogens is 2. The minimum atomic E-state index is -0.821. The molecule has 1 heterocycles. The molecule has 1 saturated heterocycles. The fourth-order valence-corrected chi connectivity index (χ4v) is 1.32. The van der Waals surface area contributed by atoms with E-state index in [0.29, 0.717) is 6.54 Å². The summed E-state index contributed by atoms with van der Waals surface area (Å²) in [7, 11) is 0. The molecule has 2 N–H and O–H groups in total. The van der Waals surface area contributed by atoms with E-state index in [1.165, 1.54) is 12.8 Å². The summed E-state index contributed by atoms with van der Waals surface area (Å²) in [6.45, 7) is 2.81. The molecule has 11 heavy (non-hydrogen) atoms. The van der Waals surface area contributed by atoms with Crippen molar-refractivity contribution in [2.75, 3.05) is 26.2 Å². The zero-order valence-electron chi connectivity index (χ0n) is 6.63. The first kappa shape index (κ1) is 11.1. The van der Waals surface area contributed by atoms with E-state index in [2.05, 4.69) is 4.90 Å². The maximum absolute atomic E-state index is 12.6. The summed E-state index contributed by atoms with van der Waals surface area (Å²) in [4.78, 5) is 2.14. The molecule has 0 aromatic carbocycles. The van der Waals surface area contributed by atoms with Gasteiger partial charge in [-0.1, -0.05) is 0 Å². The van der Waals surface area contributed by atoms with Crippen molar-refractivity contribution in [3.63, 3.8) is 0 Å². The van der Waals surface area contributed by atoms with Gasteiger partial charge in [0.25, 0.3) is 0 Å². The van der Waals surface area contributed by atoms with Crippen LogP contribution in [0.25, 0.3) is 0 Å². The first-order chi connectivity index (χ1) is 4.83. The first-order valence-electron chi connectivity index (χ1n) is 3.89. The van der Waals surface area contributed by atoms with Gasteiger partial charge in [0.05, 0.1) is 0 Å². The fraction of sp³-hybridized carbons (Fsp3) is 1.00. The van der Waals surface area contributed by atoms with Gasteiger partial charge in [-0.2, -0.15) is 0 Å². The van der Waals surface area contributed by atoms with Crippen molar-refractivity contribution in [3.05, 3.63) is 0 Å². The van der Waals surface area contributed by atoms with Crippen molar-refractivity contribution < 1.29 is 4.39 Å². The Labute approximate surface area is 73.3 Å². The zero-order chi connectivity index (χ0) is 7.40. The normalized spacial score (nSPS) is 21.3. The molecule has 1 aliphatic rings. The van der Waals surface area contributed by atoms with Crippen LogP contribution in [0.4, 0.5) is 4.39 Å². The smallest absolute Gasteiger partial charge is 0.125 e. The van der Waals surface area contributed by atoms with E-state index in [1.54, 1.807) is 0 Å². The lowest BCUT2D eigenvalue weighted by molar-refractivity contribution is 0.225. The van der Waals surface area contributed by atoms with Gasteiger partial charge in [0.2, 0.25) is 0 Å². The molecule has 0 spiro atoms. The average Bonchev–Trinajstić information content (AvgIpc) is 2.40. The maximum Gasteiger partial charge on any atom is 0.125 e. The van der Waals surface area contributed by atoms with Crippen LogP contribution in [0.1, 0.15) is 12.8 Å². The molecule has 0 radical (unpaired) electrons. The number of nitrogens with zero attached hydrogens (tertiary/aromatic N) is 1. The molecule has 2 nitrogen and oxygen atoms in total. The average molecular weight is 183 g/mol. The summed E-state index contributed by atoms with van der Waals surface area (Å²) in [5, 5.41) is 0. The van der Waals surface area contributed by atoms with E-state index in [0.717, 1.165) is 13.1 Å². The highest BCUT2D eigenvalue weighted by Crippen LogP contribution is 2.07. The van der Waals surface area contributed by atoms with Gasteiger partial charge in [0.1, 0.15) is 6.17 Å². The Balaban J connectivity index is 0.000001000. The van der Waals surface area contributed by atoms with Gasteiger partial charge >= 0.3 is 0 Å². The molecular formula is C7H16ClFN2. The molecular weight excluding hydrogens is 167 g/mol.